The summed E-state index contributed by atoms with van der Waals surface area (Å²) in [5.74, 6) is 0.425. The number of urea groups is 1. The van der Waals surface area contributed by atoms with E-state index in [-0.39, 0.29) is 12.6 Å². The lowest BCUT2D eigenvalue weighted by atomic mass is 9.86. The van der Waals surface area contributed by atoms with Crippen LogP contribution in [0.5, 0.6) is 0 Å². The van der Waals surface area contributed by atoms with Crippen LogP contribution in [-0.4, -0.2) is 35.7 Å². The van der Waals surface area contributed by atoms with Crippen LogP contribution in [0.4, 0.5) is 4.79 Å². The van der Waals surface area contributed by atoms with Crippen molar-refractivity contribution in [2.45, 2.75) is 57.5 Å². The molecule has 0 spiro atoms. The lowest BCUT2D eigenvalue weighted by Gasteiger charge is -2.34. The average molecular weight is 316 g/mol. The molecule has 0 atom stereocenters. The van der Waals surface area contributed by atoms with E-state index in [1.54, 1.807) is 0 Å². The molecule has 2 aliphatic rings. The van der Waals surface area contributed by atoms with Crippen molar-refractivity contribution < 1.29 is 9.90 Å². The molecule has 0 radical (unpaired) electrons. The van der Waals surface area contributed by atoms with Crippen molar-refractivity contribution in [3.8, 4) is 0 Å². The van der Waals surface area contributed by atoms with Crippen LogP contribution in [0.3, 0.4) is 0 Å². The molecule has 0 aromatic heterocycles. The average Bonchev–Trinajstić information content (AvgIpc) is 3.06. The number of benzene rings is 1. The van der Waals surface area contributed by atoms with E-state index in [9.17, 15) is 9.90 Å². The van der Waals surface area contributed by atoms with E-state index in [1.807, 2.05) is 11.9 Å². The maximum absolute atomic E-state index is 12.4. The van der Waals surface area contributed by atoms with Crippen LogP contribution in [0.2, 0.25) is 0 Å². The minimum atomic E-state index is 0.0120. The van der Waals surface area contributed by atoms with Gasteiger partial charge >= 0.3 is 6.03 Å². The Balaban J connectivity index is 1.49. The molecule has 4 nitrogen and oxygen atoms in total. The van der Waals surface area contributed by atoms with Crippen molar-refractivity contribution in [2.24, 2.45) is 5.92 Å². The minimum absolute atomic E-state index is 0.0120. The third kappa shape index (κ3) is 3.86. The van der Waals surface area contributed by atoms with Crippen molar-refractivity contribution in [2.75, 3.05) is 13.7 Å². The predicted octanol–water partition coefficient (Wildman–Crippen LogP) is 2.87. The summed E-state index contributed by atoms with van der Waals surface area (Å²) < 4.78 is 0. The Hall–Kier alpha value is -1.55. The van der Waals surface area contributed by atoms with E-state index in [4.69, 9.17) is 0 Å². The fourth-order valence-electron chi connectivity index (χ4n) is 3.92. The number of carbonyl (C=O) groups is 1. The number of hydrogen-bond acceptors (Lipinski definition) is 2. The van der Waals surface area contributed by atoms with Crippen LogP contribution < -0.4 is 5.32 Å². The van der Waals surface area contributed by atoms with E-state index in [1.165, 1.54) is 36.0 Å². The molecule has 23 heavy (non-hydrogen) atoms. The molecule has 2 aliphatic carbocycles. The van der Waals surface area contributed by atoms with Crippen LogP contribution >= 0.6 is 0 Å². The normalized spacial score (nSPS) is 23.4. The fourth-order valence-corrected chi connectivity index (χ4v) is 3.92. The number of fused-ring (bicyclic) bond motifs is 1. The van der Waals surface area contributed by atoms with Gasteiger partial charge in [0.2, 0.25) is 0 Å². The Morgan fingerprint density at radius 2 is 1.96 bits per heavy atom. The monoisotopic (exact) mass is 316 g/mol. The molecule has 4 heteroatoms. The molecule has 126 valence electrons. The first-order valence-electron chi connectivity index (χ1n) is 8.89. The number of aliphatic hydroxyl groups is 1. The van der Waals surface area contributed by atoms with Gasteiger partial charge in [0.15, 0.2) is 0 Å². The van der Waals surface area contributed by atoms with E-state index in [0.717, 1.165) is 25.7 Å². The second-order valence-electron chi connectivity index (χ2n) is 7.08. The Kier molecular flexibility index (Phi) is 5.21. The predicted molar refractivity (Wildman–Crippen MR) is 91.3 cm³/mol. The second-order valence-corrected chi connectivity index (χ2v) is 7.08. The molecule has 1 aromatic rings. The maximum Gasteiger partial charge on any atom is 0.317 e. The molecular formula is C19H28N2O2. The molecule has 0 saturated heterocycles. The third-order valence-corrected chi connectivity index (χ3v) is 5.55. The molecule has 1 fully saturated rings. The molecule has 0 aliphatic heterocycles. The lowest BCUT2D eigenvalue weighted by molar-refractivity contribution is 0.134. The minimum Gasteiger partial charge on any atom is -0.396 e. The number of carbonyl (C=O) groups excluding carboxylic acids is 1. The summed E-state index contributed by atoms with van der Waals surface area (Å²) in [6.07, 6.45) is 7.64. The third-order valence-electron chi connectivity index (χ3n) is 5.55. The molecule has 2 amide bonds. The highest BCUT2D eigenvalue weighted by Crippen LogP contribution is 2.27. The lowest BCUT2D eigenvalue weighted by Crippen LogP contribution is -2.45. The van der Waals surface area contributed by atoms with Gasteiger partial charge in [-0.05, 0) is 67.6 Å². The van der Waals surface area contributed by atoms with Crippen LogP contribution in [0.25, 0.3) is 0 Å². The van der Waals surface area contributed by atoms with Crippen LogP contribution in [0.15, 0.2) is 18.2 Å². The zero-order chi connectivity index (χ0) is 16.2. The molecule has 1 aromatic carbocycles. The van der Waals surface area contributed by atoms with Crippen LogP contribution in [-0.2, 0) is 19.4 Å². The van der Waals surface area contributed by atoms with Crippen molar-refractivity contribution in [3.05, 3.63) is 34.9 Å². The summed E-state index contributed by atoms with van der Waals surface area (Å²) in [5, 5.41) is 12.3. The SMILES string of the molecule is CN(C(=O)NCc1ccc2c(c1)CCC2)C1CCC(CO)CC1. The van der Waals surface area contributed by atoms with Gasteiger partial charge < -0.3 is 15.3 Å². The summed E-state index contributed by atoms with van der Waals surface area (Å²) in [6.45, 7) is 0.878. The number of aryl methyl sites for hydroxylation is 2. The van der Waals surface area contributed by atoms with Gasteiger partial charge in [0.05, 0.1) is 0 Å². The van der Waals surface area contributed by atoms with Gasteiger partial charge in [0.1, 0.15) is 0 Å². The summed E-state index contributed by atoms with van der Waals surface area (Å²) in [6, 6.07) is 6.91. The van der Waals surface area contributed by atoms with E-state index >= 15 is 0 Å². The standard InChI is InChI=1S/C19H28N2O2/c1-21(18-9-6-14(13-22)7-10-18)19(23)20-12-15-5-8-16-3-2-4-17(16)11-15/h5,8,11,14,18,22H,2-4,6-7,9-10,12-13H2,1H3,(H,20,23). The van der Waals surface area contributed by atoms with Crippen molar-refractivity contribution in [1.29, 1.82) is 0 Å². The maximum atomic E-state index is 12.4. The Labute approximate surface area is 138 Å². The van der Waals surface area contributed by atoms with E-state index in [2.05, 4.69) is 23.5 Å². The largest absolute Gasteiger partial charge is 0.396 e. The Morgan fingerprint density at radius 3 is 2.70 bits per heavy atom. The van der Waals surface area contributed by atoms with Crippen molar-refractivity contribution in [1.82, 2.24) is 10.2 Å². The number of nitrogens with one attached hydrogen (secondary N) is 1. The van der Waals surface area contributed by atoms with Gasteiger partial charge in [-0.2, -0.15) is 0 Å². The molecule has 1 saturated carbocycles. The van der Waals surface area contributed by atoms with Gasteiger partial charge in [-0.25, -0.2) is 4.79 Å². The molecule has 0 unspecified atom stereocenters. The van der Waals surface area contributed by atoms with E-state index < -0.39 is 0 Å². The van der Waals surface area contributed by atoms with Crippen LogP contribution in [0.1, 0.15) is 48.8 Å². The highest BCUT2D eigenvalue weighted by molar-refractivity contribution is 5.74. The summed E-state index contributed by atoms with van der Waals surface area (Å²) in [4.78, 5) is 14.2. The molecule has 3 rings (SSSR count). The van der Waals surface area contributed by atoms with Gasteiger partial charge in [0, 0.05) is 26.2 Å². The topological polar surface area (TPSA) is 52.6 Å². The highest BCUT2D eigenvalue weighted by Gasteiger charge is 2.26. The first-order valence-corrected chi connectivity index (χ1v) is 8.89. The van der Waals surface area contributed by atoms with Crippen molar-refractivity contribution in [3.63, 3.8) is 0 Å². The van der Waals surface area contributed by atoms with E-state index in [0.29, 0.717) is 18.5 Å². The molecule has 0 bridgehead atoms. The van der Waals surface area contributed by atoms with Crippen LogP contribution in [0, 0.1) is 5.92 Å². The Morgan fingerprint density at radius 1 is 1.22 bits per heavy atom. The number of aliphatic hydroxyl groups excluding tert-OH is 1. The summed E-state index contributed by atoms with van der Waals surface area (Å²) in [7, 11) is 1.89. The first-order chi connectivity index (χ1) is 11.2. The first kappa shape index (κ1) is 16.3. The zero-order valence-corrected chi connectivity index (χ0v) is 14.1. The molecular weight excluding hydrogens is 288 g/mol. The number of rotatable bonds is 4. The molecule has 2 N–H and O–H groups in total. The molecule has 0 heterocycles. The fraction of sp³-hybridized carbons (Fsp3) is 0.632. The quantitative estimate of drug-likeness (QED) is 0.897. The number of nitrogens with zero attached hydrogens (tertiary/aromatic N) is 1. The number of amides is 2. The Bertz CT molecular complexity index is 550. The second kappa shape index (κ2) is 7.35. The highest BCUT2D eigenvalue weighted by atomic mass is 16.3. The van der Waals surface area contributed by atoms with Crippen molar-refractivity contribution >= 4 is 6.03 Å². The summed E-state index contributed by atoms with van der Waals surface area (Å²) >= 11 is 0. The zero-order valence-electron chi connectivity index (χ0n) is 14.1. The van der Waals surface area contributed by atoms with Gasteiger partial charge in [-0.3, -0.25) is 0 Å². The smallest absolute Gasteiger partial charge is 0.317 e. The van der Waals surface area contributed by atoms with Gasteiger partial charge in [-0.1, -0.05) is 18.2 Å². The summed E-state index contributed by atoms with van der Waals surface area (Å²) in [5.41, 5.74) is 4.11. The van der Waals surface area contributed by atoms with Gasteiger partial charge in [-0.15, -0.1) is 0 Å². The number of hydrogen-bond donors (Lipinski definition) is 2. The van der Waals surface area contributed by atoms with Gasteiger partial charge in [0.25, 0.3) is 0 Å².